The van der Waals surface area contributed by atoms with E-state index < -0.39 is 6.04 Å². The summed E-state index contributed by atoms with van der Waals surface area (Å²) in [6.07, 6.45) is 5.68. The predicted molar refractivity (Wildman–Crippen MR) is 121 cm³/mol. The molecular weight excluding hydrogens is 392 g/mol. The molecule has 4 rings (SSSR count). The SMILES string of the molecule is COc1ccc2cc(C(=O)N3CCN(C(=O)[C@@H](N)C4CCCCC4)C[C@@H]3C)n(C)c2c1. The van der Waals surface area contributed by atoms with Crippen molar-refractivity contribution in [2.75, 3.05) is 26.7 Å². The summed E-state index contributed by atoms with van der Waals surface area (Å²) in [4.78, 5) is 30.1. The Kier molecular flexibility index (Phi) is 6.23. The van der Waals surface area contributed by atoms with Crippen molar-refractivity contribution in [1.82, 2.24) is 14.4 Å². The first-order valence-corrected chi connectivity index (χ1v) is 11.4. The van der Waals surface area contributed by atoms with Gasteiger partial charge in [0.05, 0.1) is 18.7 Å². The fourth-order valence-corrected chi connectivity index (χ4v) is 5.15. The van der Waals surface area contributed by atoms with Gasteiger partial charge in [-0.05, 0) is 43.9 Å². The van der Waals surface area contributed by atoms with E-state index >= 15 is 0 Å². The Hall–Kier alpha value is -2.54. The molecule has 1 aliphatic carbocycles. The molecule has 0 radical (unpaired) electrons. The zero-order chi connectivity index (χ0) is 22.1. The number of rotatable bonds is 4. The molecule has 1 aromatic heterocycles. The fraction of sp³-hybridized carbons (Fsp3) is 0.583. The molecule has 0 bridgehead atoms. The summed E-state index contributed by atoms with van der Waals surface area (Å²) in [7, 11) is 3.54. The van der Waals surface area contributed by atoms with Crippen LogP contribution in [0.4, 0.5) is 0 Å². The average Bonchev–Trinajstić information content (AvgIpc) is 3.13. The van der Waals surface area contributed by atoms with Crippen LogP contribution >= 0.6 is 0 Å². The maximum absolute atomic E-state index is 13.4. The van der Waals surface area contributed by atoms with Crippen molar-refractivity contribution in [3.8, 4) is 5.75 Å². The zero-order valence-electron chi connectivity index (χ0n) is 18.8. The van der Waals surface area contributed by atoms with E-state index in [2.05, 4.69) is 0 Å². The van der Waals surface area contributed by atoms with Crippen molar-refractivity contribution >= 4 is 22.7 Å². The van der Waals surface area contributed by atoms with E-state index in [1.54, 1.807) is 7.11 Å². The number of nitrogens with zero attached hydrogens (tertiary/aromatic N) is 3. The number of aromatic nitrogens is 1. The van der Waals surface area contributed by atoms with Crippen LogP contribution in [0.3, 0.4) is 0 Å². The maximum Gasteiger partial charge on any atom is 0.270 e. The highest BCUT2D eigenvalue weighted by molar-refractivity contribution is 5.99. The quantitative estimate of drug-likeness (QED) is 0.815. The summed E-state index contributed by atoms with van der Waals surface area (Å²) in [6, 6.07) is 7.27. The first-order chi connectivity index (χ1) is 14.9. The van der Waals surface area contributed by atoms with Gasteiger partial charge >= 0.3 is 0 Å². The second kappa shape index (κ2) is 8.91. The lowest BCUT2D eigenvalue weighted by Gasteiger charge is -2.41. The summed E-state index contributed by atoms with van der Waals surface area (Å²) in [5.74, 6) is 1.10. The summed E-state index contributed by atoms with van der Waals surface area (Å²) in [6.45, 7) is 3.60. The lowest BCUT2D eigenvalue weighted by Crippen LogP contribution is -2.59. The molecule has 2 fully saturated rings. The minimum atomic E-state index is -0.414. The number of piperazine rings is 1. The monoisotopic (exact) mass is 426 g/mol. The fourth-order valence-electron chi connectivity index (χ4n) is 5.15. The Balaban J connectivity index is 1.45. The second-order valence-electron chi connectivity index (χ2n) is 9.07. The molecule has 31 heavy (non-hydrogen) atoms. The molecule has 7 nitrogen and oxygen atoms in total. The largest absolute Gasteiger partial charge is 0.497 e. The van der Waals surface area contributed by atoms with Crippen LogP contribution in [0, 0.1) is 5.92 Å². The third-order valence-corrected chi connectivity index (χ3v) is 7.11. The Morgan fingerprint density at radius 3 is 2.55 bits per heavy atom. The lowest BCUT2D eigenvalue weighted by atomic mass is 9.83. The van der Waals surface area contributed by atoms with Crippen LogP contribution in [-0.2, 0) is 11.8 Å². The Morgan fingerprint density at radius 2 is 1.87 bits per heavy atom. The molecule has 2 aromatic rings. The number of nitrogens with two attached hydrogens (primary N) is 1. The number of carbonyl (C=O) groups is 2. The number of hydrogen-bond acceptors (Lipinski definition) is 4. The van der Waals surface area contributed by atoms with Crippen LogP contribution < -0.4 is 10.5 Å². The molecule has 0 spiro atoms. The van der Waals surface area contributed by atoms with E-state index in [1.165, 1.54) is 19.3 Å². The van der Waals surface area contributed by atoms with Crippen LogP contribution in [0.15, 0.2) is 24.3 Å². The van der Waals surface area contributed by atoms with Crippen LogP contribution in [0.1, 0.15) is 49.5 Å². The van der Waals surface area contributed by atoms with Gasteiger partial charge in [0.15, 0.2) is 0 Å². The number of fused-ring (bicyclic) bond motifs is 1. The van der Waals surface area contributed by atoms with Gasteiger partial charge in [-0.3, -0.25) is 9.59 Å². The van der Waals surface area contributed by atoms with Gasteiger partial charge in [-0.25, -0.2) is 0 Å². The van der Waals surface area contributed by atoms with Crippen molar-refractivity contribution in [1.29, 1.82) is 0 Å². The van der Waals surface area contributed by atoms with Crippen LogP contribution in [-0.4, -0.2) is 65.0 Å². The number of methoxy groups -OCH3 is 1. The topological polar surface area (TPSA) is 80.8 Å². The number of ether oxygens (including phenoxy) is 1. The van der Waals surface area contributed by atoms with Gasteiger partial charge in [0.1, 0.15) is 11.4 Å². The van der Waals surface area contributed by atoms with Crippen LogP contribution in [0.5, 0.6) is 5.75 Å². The number of benzene rings is 1. The molecule has 2 amide bonds. The van der Waals surface area contributed by atoms with E-state index in [4.69, 9.17) is 10.5 Å². The first kappa shape index (κ1) is 21.7. The van der Waals surface area contributed by atoms with Crippen molar-refractivity contribution in [3.05, 3.63) is 30.0 Å². The van der Waals surface area contributed by atoms with Gasteiger partial charge in [-0.2, -0.15) is 0 Å². The van der Waals surface area contributed by atoms with Gasteiger partial charge in [0, 0.05) is 44.2 Å². The standard InChI is InChI=1S/C24H34N4O3/c1-16-15-27(24(30)22(25)17-7-5-4-6-8-17)11-12-28(16)23(29)21-13-18-9-10-19(31-3)14-20(18)26(21)2/h9-10,13-14,16-17,22H,4-8,11-12,15,25H2,1-3H3/t16-,22-/m0/s1. The highest BCUT2D eigenvalue weighted by Crippen LogP contribution is 2.28. The zero-order valence-corrected chi connectivity index (χ0v) is 18.8. The summed E-state index contributed by atoms with van der Waals surface area (Å²) in [5.41, 5.74) is 7.96. The third-order valence-electron chi connectivity index (χ3n) is 7.11. The smallest absolute Gasteiger partial charge is 0.270 e. The van der Waals surface area contributed by atoms with Gasteiger partial charge in [0.2, 0.25) is 5.91 Å². The van der Waals surface area contributed by atoms with Gasteiger partial charge in [-0.15, -0.1) is 0 Å². The maximum atomic E-state index is 13.4. The molecule has 2 heterocycles. The first-order valence-electron chi connectivity index (χ1n) is 11.4. The number of hydrogen-bond donors (Lipinski definition) is 1. The minimum absolute atomic E-state index is 0.00570. The van der Waals surface area contributed by atoms with Gasteiger partial charge in [0.25, 0.3) is 5.91 Å². The van der Waals surface area contributed by atoms with Crippen molar-refractivity contribution in [2.24, 2.45) is 18.7 Å². The van der Waals surface area contributed by atoms with E-state index in [9.17, 15) is 9.59 Å². The van der Waals surface area contributed by atoms with Crippen molar-refractivity contribution in [2.45, 2.75) is 51.1 Å². The Bertz CT molecular complexity index is 963. The summed E-state index contributed by atoms with van der Waals surface area (Å²) in [5, 5.41) is 1.01. The summed E-state index contributed by atoms with van der Waals surface area (Å²) >= 11 is 0. The molecule has 1 aliphatic heterocycles. The minimum Gasteiger partial charge on any atom is -0.497 e. The van der Waals surface area contributed by atoms with E-state index in [0.717, 1.165) is 29.5 Å². The van der Waals surface area contributed by atoms with Crippen molar-refractivity contribution in [3.63, 3.8) is 0 Å². The lowest BCUT2D eigenvalue weighted by molar-refractivity contribution is -0.136. The normalized spacial score (nSPS) is 21.4. The van der Waals surface area contributed by atoms with Crippen LogP contribution in [0.25, 0.3) is 10.9 Å². The van der Waals surface area contributed by atoms with Crippen LogP contribution in [0.2, 0.25) is 0 Å². The second-order valence-corrected chi connectivity index (χ2v) is 9.07. The van der Waals surface area contributed by atoms with E-state index in [1.807, 2.05) is 52.6 Å². The third kappa shape index (κ3) is 4.15. The summed E-state index contributed by atoms with van der Waals surface area (Å²) < 4.78 is 7.24. The van der Waals surface area contributed by atoms with E-state index in [-0.39, 0.29) is 17.9 Å². The highest BCUT2D eigenvalue weighted by Gasteiger charge is 2.35. The Labute approximate surface area is 184 Å². The predicted octanol–water partition coefficient (Wildman–Crippen LogP) is 2.77. The molecule has 1 aromatic carbocycles. The molecule has 0 unspecified atom stereocenters. The molecule has 1 saturated heterocycles. The molecule has 7 heteroatoms. The number of aryl methyl sites for hydroxylation is 1. The average molecular weight is 427 g/mol. The van der Waals surface area contributed by atoms with Crippen molar-refractivity contribution < 1.29 is 14.3 Å². The molecular formula is C24H34N4O3. The molecule has 2 aliphatic rings. The Morgan fingerprint density at radius 1 is 1.13 bits per heavy atom. The highest BCUT2D eigenvalue weighted by atomic mass is 16.5. The molecule has 168 valence electrons. The number of amides is 2. The van der Waals surface area contributed by atoms with Gasteiger partial charge < -0.3 is 24.8 Å². The molecule has 2 N–H and O–H groups in total. The number of carbonyl (C=O) groups excluding carboxylic acids is 2. The van der Waals surface area contributed by atoms with E-state index in [0.29, 0.717) is 31.2 Å². The molecule has 1 saturated carbocycles. The molecule has 2 atom stereocenters. The van der Waals surface area contributed by atoms with Gasteiger partial charge in [-0.1, -0.05) is 19.3 Å².